The van der Waals surface area contributed by atoms with Gasteiger partial charge in [0.2, 0.25) is 5.91 Å². The van der Waals surface area contributed by atoms with E-state index >= 15 is 0 Å². The van der Waals surface area contributed by atoms with Gasteiger partial charge in [0, 0.05) is 24.4 Å². The van der Waals surface area contributed by atoms with Gasteiger partial charge in [-0.3, -0.25) is 4.79 Å². The molecular formula is C21H24ClN3O4S. The van der Waals surface area contributed by atoms with Crippen molar-refractivity contribution >= 4 is 40.4 Å². The van der Waals surface area contributed by atoms with E-state index in [0.717, 1.165) is 11.3 Å². The van der Waals surface area contributed by atoms with Crippen molar-refractivity contribution in [2.24, 2.45) is 4.99 Å². The molecule has 2 aliphatic heterocycles. The van der Waals surface area contributed by atoms with Crippen LogP contribution in [0.4, 0.5) is 0 Å². The monoisotopic (exact) mass is 449 g/mol. The van der Waals surface area contributed by atoms with E-state index in [-0.39, 0.29) is 18.9 Å². The average Bonchev–Trinajstić information content (AvgIpc) is 3.09. The number of benzene rings is 1. The smallest absolute Gasteiger partial charge is 0.338 e. The molecule has 3 rings (SSSR count). The molecule has 2 aliphatic rings. The lowest BCUT2D eigenvalue weighted by atomic mass is 9.93. The molecule has 1 aromatic rings. The molecule has 0 spiro atoms. The largest absolute Gasteiger partial charge is 0.460 e. The molecule has 0 fully saturated rings. The fourth-order valence-electron chi connectivity index (χ4n) is 3.34. The highest BCUT2D eigenvalue weighted by Crippen LogP contribution is 2.46. The van der Waals surface area contributed by atoms with Crippen molar-refractivity contribution < 1.29 is 19.1 Å². The third kappa shape index (κ3) is 4.71. The molecule has 1 N–H and O–H groups in total. The number of methoxy groups -OCH3 is 1. The van der Waals surface area contributed by atoms with Gasteiger partial charge in [-0.05, 0) is 30.9 Å². The average molecular weight is 450 g/mol. The molecule has 0 unspecified atom stereocenters. The quantitative estimate of drug-likeness (QED) is 0.482. The van der Waals surface area contributed by atoms with E-state index in [4.69, 9.17) is 21.1 Å². The Balaban J connectivity index is 2.02. The van der Waals surface area contributed by atoms with Crippen molar-refractivity contribution in [3.8, 4) is 0 Å². The molecule has 0 radical (unpaired) electrons. The summed E-state index contributed by atoms with van der Waals surface area (Å²) in [5, 5.41) is 5.93. The molecule has 0 saturated heterocycles. The lowest BCUT2D eigenvalue weighted by molar-refractivity contribution is -0.141. The number of amides is 1. The Bertz CT molecular complexity index is 929. The molecular weight excluding hydrogens is 426 g/mol. The van der Waals surface area contributed by atoms with Crippen LogP contribution in [0.5, 0.6) is 0 Å². The first-order valence-corrected chi connectivity index (χ1v) is 10.8. The number of rotatable bonds is 8. The van der Waals surface area contributed by atoms with Gasteiger partial charge in [0.05, 0.1) is 30.3 Å². The molecule has 1 amide bonds. The Morgan fingerprint density at radius 3 is 2.77 bits per heavy atom. The molecule has 0 aromatic heterocycles. The molecule has 2 heterocycles. The van der Waals surface area contributed by atoms with Crippen LogP contribution in [0, 0.1) is 0 Å². The normalized spacial score (nSPS) is 18.0. The molecule has 160 valence electrons. The number of hydrogen-bond donors (Lipinski definition) is 1. The predicted molar refractivity (Wildman–Crippen MR) is 118 cm³/mol. The third-order valence-electron chi connectivity index (χ3n) is 4.66. The van der Waals surface area contributed by atoms with Crippen molar-refractivity contribution in [3.63, 3.8) is 0 Å². The van der Waals surface area contributed by atoms with Crippen molar-refractivity contribution in [1.82, 2.24) is 10.2 Å². The fraction of sp³-hybridized carbons (Fsp3) is 0.381. The van der Waals surface area contributed by atoms with E-state index in [1.165, 1.54) is 11.8 Å². The summed E-state index contributed by atoms with van der Waals surface area (Å²) >= 11 is 7.95. The number of nitrogens with zero attached hydrogens (tertiary/aromatic N) is 2. The van der Waals surface area contributed by atoms with Crippen LogP contribution in [0.15, 0.2) is 51.6 Å². The van der Waals surface area contributed by atoms with Crippen molar-refractivity contribution in [2.45, 2.75) is 26.3 Å². The molecule has 1 atom stereocenters. The summed E-state index contributed by atoms with van der Waals surface area (Å²) in [6.45, 7) is 4.63. The van der Waals surface area contributed by atoms with Gasteiger partial charge in [0.1, 0.15) is 6.61 Å². The standard InChI is InChI=1S/C21H24ClN3O4S/c1-4-23-17(26)11-14-12-30-21-24-13(2)18(20(27)29-10-9-28-3)19(25(14)21)15-7-5-6-8-16(15)22/h5-8,12,19H,4,9-11H2,1-3H3,(H,23,26)/t19-/m1/s1. The molecule has 9 heteroatoms. The second-order valence-electron chi connectivity index (χ2n) is 6.67. The number of nitrogens with one attached hydrogen (secondary N) is 1. The minimum absolute atomic E-state index is 0.0981. The zero-order valence-corrected chi connectivity index (χ0v) is 18.7. The number of esters is 1. The van der Waals surface area contributed by atoms with E-state index in [2.05, 4.69) is 10.3 Å². The Kier molecular flexibility index (Phi) is 7.58. The first-order valence-electron chi connectivity index (χ1n) is 9.59. The first kappa shape index (κ1) is 22.4. The predicted octanol–water partition coefficient (Wildman–Crippen LogP) is 3.63. The summed E-state index contributed by atoms with van der Waals surface area (Å²) in [5.74, 6) is -0.578. The van der Waals surface area contributed by atoms with E-state index < -0.39 is 12.0 Å². The summed E-state index contributed by atoms with van der Waals surface area (Å²) in [4.78, 5) is 31.8. The number of allylic oxidation sites excluding steroid dienone is 1. The lowest BCUT2D eigenvalue weighted by Gasteiger charge is -2.36. The lowest BCUT2D eigenvalue weighted by Crippen LogP contribution is -2.38. The number of carbonyl (C=O) groups is 2. The highest BCUT2D eigenvalue weighted by atomic mass is 35.5. The van der Waals surface area contributed by atoms with E-state index in [0.29, 0.717) is 34.6 Å². The van der Waals surface area contributed by atoms with Gasteiger partial charge in [-0.25, -0.2) is 9.79 Å². The Morgan fingerprint density at radius 1 is 1.30 bits per heavy atom. The highest BCUT2D eigenvalue weighted by Gasteiger charge is 2.41. The molecule has 7 nitrogen and oxygen atoms in total. The first-order chi connectivity index (χ1) is 14.5. The second-order valence-corrected chi connectivity index (χ2v) is 7.92. The maximum atomic E-state index is 13.0. The molecule has 1 aromatic carbocycles. The van der Waals surface area contributed by atoms with E-state index in [1.54, 1.807) is 20.1 Å². The van der Waals surface area contributed by atoms with Crippen LogP contribution in [0.2, 0.25) is 5.02 Å². The zero-order chi connectivity index (χ0) is 21.7. The summed E-state index contributed by atoms with van der Waals surface area (Å²) in [6.07, 6.45) is 0.172. The van der Waals surface area contributed by atoms with Crippen LogP contribution in [0.3, 0.4) is 0 Å². The molecule has 0 bridgehead atoms. The van der Waals surface area contributed by atoms with Crippen molar-refractivity contribution in [1.29, 1.82) is 0 Å². The summed E-state index contributed by atoms with van der Waals surface area (Å²) < 4.78 is 10.4. The zero-order valence-electron chi connectivity index (χ0n) is 17.1. The van der Waals surface area contributed by atoms with Gasteiger partial charge in [-0.2, -0.15) is 0 Å². The Labute approximate surface area is 185 Å². The minimum atomic E-state index is -0.545. The minimum Gasteiger partial charge on any atom is -0.460 e. The van der Waals surface area contributed by atoms with Gasteiger partial charge in [-0.1, -0.05) is 41.6 Å². The second kappa shape index (κ2) is 10.1. The number of amidine groups is 1. The fourth-order valence-corrected chi connectivity index (χ4v) is 4.54. The topological polar surface area (TPSA) is 80.2 Å². The number of ether oxygens (including phenoxy) is 2. The summed E-state index contributed by atoms with van der Waals surface area (Å²) in [7, 11) is 1.54. The number of halogens is 1. The van der Waals surface area contributed by atoms with Gasteiger partial charge in [-0.15, -0.1) is 0 Å². The SMILES string of the molecule is CCNC(=O)CC1=CSC2=NC(C)=C(C(=O)OCCOC)[C@@H](c3ccccc3Cl)N12. The third-order valence-corrected chi connectivity index (χ3v) is 5.89. The summed E-state index contributed by atoms with van der Waals surface area (Å²) in [6, 6.07) is 6.81. The van der Waals surface area contributed by atoms with Gasteiger partial charge in [0.15, 0.2) is 5.17 Å². The van der Waals surface area contributed by atoms with E-state index in [9.17, 15) is 9.59 Å². The number of thioether (sulfide) groups is 1. The number of aliphatic imine (C=N–C) groups is 1. The van der Waals surface area contributed by atoms with Crippen LogP contribution >= 0.6 is 23.4 Å². The van der Waals surface area contributed by atoms with Crippen LogP contribution in [0.1, 0.15) is 31.9 Å². The highest BCUT2D eigenvalue weighted by molar-refractivity contribution is 8.16. The van der Waals surface area contributed by atoms with E-state index in [1.807, 2.05) is 35.4 Å². The Morgan fingerprint density at radius 2 is 2.07 bits per heavy atom. The van der Waals surface area contributed by atoms with Gasteiger partial charge in [0.25, 0.3) is 0 Å². The van der Waals surface area contributed by atoms with Crippen LogP contribution in [-0.4, -0.2) is 48.8 Å². The van der Waals surface area contributed by atoms with Crippen LogP contribution in [-0.2, 0) is 19.1 Å². The maximum absolute atomic E-state index is 13.0. The van der Waals surface area contributed by atoms with Crippen LogP contribution in [0.25, 0.3) is 0 Å². The number of hydrogen-bond acceptors (Lipinski definition) is 7. The van der Waals surface area contributed by atoms with Crippen molar-refractivity contribution in [3.05, 3.63) is 57.2 Å². The number of fused-ring (bicyclic) bond motifs is 1. The van der Waals surface area contributed by atoms with Crippen molar-refractivity contribution in [2.75, 3.05) is 26.9 Å². The maximum Gasteiger partial charge on any atom is 0.338 e. The Hall–Kier alpha value is -2.29. The molecule has 30 heavy (non-hydrogen) atoms. The van der Waals surface area contributed by atoms with Gasteiger partial charge >= 0.3 is 5.97 Å². The summed E-state index contributed by atoms with van der Waals surface area (Å²) in [5.41, 5.74) is 2.46. The molecule has 0 aliphatic carbocycles. The molecule has 0 saturated carbocycles. The van der Waals surface area contributed by atoms with Gasteiger partial charge < -0.3 is 19.7 Å². The van der Waals surface area contributed by atoms with Crippen LogP contribution < -0.4 is 5.32 Å². The number of carbonyl (C=O) groups excluding carboxylic acids is 2.